The van der Waals surface area contributed by atoms with Crippen LogP contribution >= 0.6 is 34.2 Å². The van der Waals surface area contributed by atoms with E-state index < -0.39 is 32.0 Å². The largest absolute Gasteiger partial charge is 0.485 e. The molecule has 0 spiro atoms. The molecule has 0 unspecified atom stereocenters. The van der Waals surface area contributed by atoms with E-state index in [1.54, 1.807) is 18.2 Å². The maximum absolute atomic E-state index is 13.8. The molecule has 0 bridgehead atoms. The van der Waals surface area contributed by atoms with Gasteiger partial charge in [0.15, 0.2) is 15.6 Å². The number of nitrogens with zero attached hydrogens (tertiary/aromatic N) is 1. The summed E-state index contributed by atoms with van der Waals surface area (Å²) in [5.74, 6) is -1.86. The van der Waals surface area contributed by atoms with Crippen LogP contribution in [0.3, 0.4) is 0 Å². The van der Waals surface area contributed by atoms with Gasteiger partial charge >= 0.3 is 5.69 Å². The zero-order valence-corrected chi connectivity index (χ0v) is 16.3. The van der Waals surface area contributed by atoms with Crippen molar-refractivity contribution in [1.82, 2.24) is 0 Å². The molecule has 0 fully saturated rings. The minimum absolute atomic E-state index is 0.0254. The van der Waals surface area contributed by atoms with E-state index in [-0.39, 0.29) is 28.7 Å². The molecule has 0 aromatic heterocycles. The second-order valence-corrected chi connectivity index (χ2v) is 8.39. The van der Waals surface area contributed by atoms with Gasteiger partial charge in [-0.25, -0.2) is 12.8 Å². The molecule has 134 valence electrons. The lowest BCUT2D eigenvalue weighted by Crippen LogP contribution is -2.10. The van der Waals surface area contributed by atoms with Crippen LogP contribution in [0.2, 0.25) is 0 Å². The van der Waals surface area contributed by atoms with Gasteiger partial charge in [-0.3, -0.25) is 10.1 Å². The van der Waals surface area contributed by atoms with Crippen LogP contribution in [0.15, 0.2) is 41.3 Å². The van der Waals surface area contributed by atoms with Crippen molar-refractivity contribution < 1.29 is 22.5 Å². The number of alkyl halides is 1. The molecular formula is C15H12ClFINO5S. The van der Waals surface area contributed by atoms with E-state index in [1.165, 1.54) is 6.07 Å². The lowest BCUT2D eigenvalue weighted by atomic mass is 10.2. The third kappa shape index (κ3) is 4.79. The number of nitro benzene ring substituents is 1. The minimum atomic E-state index is -3.91. The Morgan fingerprint density at radius 1 is 1.28 bits per heavy atom. The lowest BCUT2D eigenvalue weighted by molar-refractivity contribution is -0.386. The summed E-state index contributed by atoms with van der Waals surface area (Å²) in [4.78, 5) is 10.6. The molecule has 0 saturated heterocycles. The second kappa shape index (κ2) is 8.28. The average molecular weight is 500 g/mol. The van der Waals surface area contributed by atoms with E-state index in [9.17, 15) is 22.9 Å². The van der Waals surface area contributed by atoms with Gasteiger partial charge in [-0.1, -0.05) is 12.1 Å². The zero-order chi connectivity index (χ0) is 18.6. The number of rotatable bonds is 7. The molecule has 6 nitrogen and oxygen atoms in total. The van der Waals surface area contributed by atoms with Crippen LogP contribution in [0.4, 0.5) is 10.1 Å². The van der Waals surface area contributed by atoms with Crippen LogP contribution in [0.5, 0.6) is 5.75 Å². The molecule has 0 amide bonds. The van der Waals surface area contributed by atoms with Gasteiger partial charge in [0, 0.05) is 9.64 Å². The van der Waals surface area contributed by atoms with Crippen LogP contribution in [-0.4, -0.2) is 25.8 Å². The van der Waals surface area contributed by atoms with Gasteiger partial charge in [0.25, 0.3) is 0 Å². The van der Waals surface area contributed by atoms with Crippen LogP contribution < -0.4 is 4.74 Å². The quantitative estimate of drug-likeness (QED) is 0.249. The first-order valence-electron chi connectivity index (χ1n) is 6.89. The standard InChI is InChI=1S/C15H12ClFINO5S/c16-5-6-24-13-8-11(17)7-10(15(13)19(20)21)9-25(22,23)14-4-2-1-3-12(14)18/h1-4,7-8H,5-6,9H2. The van der Waals surface area contributed by atoms with Gasteiger partial charge in [-0.2, -0.15) is 0 Å². The predicted molar refractivity (Wildman–Crippen MR) is 99.3 cm³/mol. The van der Waals surface area contributed by atoms with E-state index in [1.807, 2.05) is 22.6 Å². The number of ether oxygens (including phenoxy) is 1. The van der Waals surface area contributed by atoms with Crippen molar-refractivity contribution in [2.75, 3.05) is 12.5 Å². The van der Waals surface area contributed by atoms with Gasteiger partial charge in [0.2, 0.25) is 0 Å². The summed E-state index contributed by atoms with van der Waals surface area (Å²) in [6.45, 7) is -0.0748. The molecule has 2 rings (SSSR count). The highest BCUT2D eigenvalue weighted by atomic mass is 127. The molecule has 0 aliphatic heterocycles. The fourth-order valence-electron chi connectivity index (χ4n) is 2.18. The Hall–Kier alpha value is -1.46. The van der Waals surface area contributed by atoms with Crippen molar-refractivity contribution in [2.45, 2.75) is 10.6 Å². The first-order valence-corrected chi connectivity index (χ1v) is 10.2. The first-order chi connectivity index (χ1) is 11.8. The molecule has 0 radical (unpaired) electrons. The normalized spacial score (nSPS) is 11.3. The SMILES string of the molecule is O=[N+]([O-])c1c(CS(=O)(=O)c2ccccc2I)cc(F)cc1OCCCl. The Balaban J connectivity index is 2.53. The Morgan fingerprint density at radius 3 is 2.56 bits per heavy atom. The van der Waals surface area contributed by atoms with Gasteiger partial charge in [-0.05, 0) is 40.8 Å². The van der Waals surface area contributed by atoms with Crippen molar-refractivity contribution in [3.8, 4) is 5.75 Å². The zero-order valence-electron chi connectivity index (χ0n) is 12.6. The highest BCUT2D eigenvalue weighted by Gasteiger charge is 2.28. The summed E-state index contributed by atoms with van der Waals surface area (Å²) >= 11 is 7.34. The van der Waals surface area contributed by atoms with Crippen molar-refractivity contribution in [3.63, 3.8) is 0 Å². The van der Waals surface area contributed by atoms with Gasteiger partial charge in [0.05, 0.1) is 27.0 Å². The van der Waals surface area contributed by atoms with Crippen LogP contribution in [0.25, 0.3) is 0 Å². The maximum atomic E-state index is 13.8. The highest BCUT2D eigenvalue weighted by Crippen LogP contribution is 2.35. The molecule has 0 N–H and O–H groups in total. The number of hydrogen-bond donors (Lipinski definition) is 0. The fourth-order valence-corrected chi connectivity index (χ4v) is 5.09. The molecule has 2 aromatic carbocycles. The molecule has 0 aliphatic rings. The van der Waals surface area contributed by atoms with E-state index in [0.29, 0.717) is 3.57 Å². The minimum Gasteiger partial charge on any atom is -0.485 e. The molecule has 0 atom stereocenters. The van der Waals surface area contributed by atoms with E-state index in [4.69, 9.17) is 16.3 Å². The first kappa shape index (κ1) is 19.9. The van der Waals surface area contributed by atoms with Gasteiger partial charge in [0.1, 0.15) is 12.4 Å². The third-order valence-corrected chi connectivity index (χ3v) is 6.33. The predicted octanol–water partition coefficient (Wildman–Crippen LogP) is 3.93. The summed E-state index contributed by atoms with van der Waals surface area (Å²) in [6.07, 6.45) is 0. The van der Waals surface area contributed by atoms with Crippen LogP contribution in [0.1, 0.15) is 5.56 Å². The summed E-state index contributed by atoms with van der Waals surface area (Å²) in [7, 11) is -3.91. The number of benzene rings is 2. The number of sulfone groups is 1. The Morgan fingerprint density at radius 2 is 1.96 bits per heavy atom. The number of hydrogen-bond acceptors (Lipinski definition) is 5. The summed E-state index contributed by atoms with van der Waals surface area (Å²) in [5.41, 5.74) is -0.866. The Kier molecular flexibility index (Phi) is 6.58. The Labute approximate surface area is 162 Å². The van der Waals surface area contributed by atoms with E-state index in [0.717, 1.165) is 12.1 Å². The number of nitro groups is 1. The highest BCUT2D eigenvalue weighted by molar-refractivity contribution is 14.1. The van der Waals surface area contributed by atoms with Crippen LogP contribution in [0, 0.1) is 19.5 Å². The van der Waals surface area contributed by atoms with E-state index in [2.05, 4.69) is 0 Å². The molecule has 0 saturated carbocycles. The summed E-state index contributed by atoms with van der Waals surface area (Å²) < 4.78 is 44.6. The fraction of sp³-hybridized carbons (Fsp3) is 0.200. The molecular weight excluding hydrogens is 488 g/mol. The van der Waals surface area contributed by atoms with Gasteiger partial charge in [-0.15, -0.1) is 11.6 Å². The van der Waals surface area contributed by atoms with Crippen molar-refractivity contribution in [1.29, 1.82) is 0 Å². The molecule has 0 heterocycles. The van der Waals surface area contributed by atoms with E-state index >= 15 is 0 Å². The molecule has 10 heteroatoms. The third-order valence-electron chi connectivity index (χ3n) is 3.15. The molecule has 2 aromatic rings. The molecule has 25 heavy (non-hydrogen) atoms. The second-order valence-electron chi connectivity index (χ2n) is 4.90. The van der Waals surface area contributed by atoms with Crippen LogP contribution in [-0.2, 0) is 15.6 Å². The molecule has 0 aliphatic carbocycles. The smallest absolute Gasteiger partial charge is 0.315 e. The lowest BCUT2D eigenvalue weighted by Gasteiger charge is -2.11. The van der Waals surface area contributed by atoms with Crippen molar-refractivity contribution >= 4 is 49.7 Å². The summed E-state index contributed by atoms with van der Waals surface area (Å²) in [6, 6.07) is 7.88. The van der Waals surface area contributed by atoms with Gasteiger partial charge < -0.3 is 4.74 Å². The maximum Gasteiger partial charge on any atom is 0.315 e. The van der Waals surface area contributed by atoms with Crippen molar-refractivity contribution in [2.24, 2.45) is 0 Å². The summed E-state index contributed by atoms with van der Waals surface area (Å²) in [5, 5.41) is 11.4. The van der Waals surface area contributed by atoms with Crippen molar-refractivity contribution in [3.05, 3.63) is 61.5 Å². The average Bonchev–Trinajstić information content (AvgIpc) is 2.51. The monoisotopic (exact) mass is 499 g/mol. The topological polar surface area (TPSA) is 86.5 Å². The Bertz CT molecular complexity index is 907. The number of halogens is 3.